The van der Waals surface area contributed by atoms with Gasteiger partial charge in [-0.1, -0.05) is 0 Å². The zero-order valence-electron chi connectivity index (χ0n) is 15.9. The summed E-state index contributed by atoms with van der Waals surface area (Å²) < 4.78 is 2.62. The monoisotopic (exact) mass is 520 g/mol. The van der Waals surface area contributed by atoms with E-state index >= 15 is 0 Å². The molecule has 0 aliphatic rings. The molecule has 0 aromatic carbocycles. The van der Waals surface area contributed by atoms with Gasteiger partial charge >= 0.3 is 141 Å². The van der Waals surface area contributed by atoms with Crippen LogP contribution in [0.4, 0.5) is 0 Å². The Hall–Kier alpha value is 1.80. The number of hydrogen-bond acceptors (Lipinski definition) is 0. The fraction of sp³-hybridized carbons (Fsp3) is 1.00. The summed E-state index contributed by atoms with van der Waals surface area (Å²) in [6.45, 7) is 32.0. The first-order chi connectivity index (χ1) is 7.97. The molecule has 0 aromatic rings. The summed E-state index contributed by atoms with van der Waals surface area (Å²) in [5.74, 6) is 0. The van der Waals surface area contributed by atoms with Crippen molar-refractivity contribution in [1.82, 2.24) is 0 Å². The van der Waals surface area contributed by atoms with Crippen molar-refractivity contribution in [2.75, 3.05) is 0 Å². The Bertz CT molecular complexity index is 231. The normalized spacial score (nSPS) is 15.1. The molecule has 0 aromatic heterocycles. The maximum atomic E-state index is 2.67. The minimum absolute atomic E-state index is 0.829. The molecule has 0 saturated heterocycles. The van der Waals surface area contributed by atoms with Crippen LogP contribution in [0.25, 0.3) is 0 Å². The van der Waals surface area contributed by atoms with E-state index in [4.69, 9.17) is 0 Å². The first-order valence-corrected chi connectivity index (χ1v) is 28.6. The summed E-state index contributed by atoms with van der Waals surface area (Å²) >= 11 is -0.829. The Morgan fingerprint density at radius 2 is 0.579 bits per heavy atom. The molecule has 0 atom stereocenters. The molecule has 0 rings (SSSR count). The van der Waals surface area contributed by atoms with Crippen molar-refractivity contribution in [3.05, 3.63) is 0 Å². The van der Waals surface area contributed by atoms with Crippen molar-refractivity contribution < 1.29 is 24.6 Å². The van der Waals surface area contributed by atoms with Crippen LogP contribution in [0.2, 0.25) is 83.9 Å². The molecule has 0 aliphatic carbocycles. The van der Waals surface area contributed by atoms with Gasteiger partial charge in [0.2, 0.25) is 0 Å². The van der Waals surface area contributed by atoms with Gasteiger partial charge < -0.3 is 0 Å². The predicted octanol–water partition coefficient (Wildman–Crippen LogP) is 6.16. The van der Waals surface area contributed by atoms with Crippen LogP contribution in [0, 0.1) is 0 Å². The summed E-state index contributed by atoms with van der Waals surface area (Å²) in [5.41, 5.74) is 0. The van der Waals surface area contributed by atoms with Crippen LogP contribution in [0.1, 0.15) is 0 Å². The molecule has 0 nitrogen and oxygen atoms in total. The molecule has 0 unspecified atom stereocenters. The van der Waals surface area contributed by atoms with Crippen LogP contribution in [0.15, 0.2) is 0 Å². The quantitative estimate of drug-likeness (QED) is 0.369. The third-order valence-electron chi connectivity index (χ3n) is 4.65. The molecule has 0 radical (unpaired) electrons. The number of rotatable bonds is 6. The molecule has 19 heavy (non-hydrogen) atoms. The molecular weight excluding hydrogens is 481 g/mol. The predicted molar refractivity (Wildman–Crippen MR) is 101 cm³/mol. The SMILES string of the molecule is C[Si](C)(C)[CH]([Hg][CH]([Si](C)(C)C)[Si](C)(C)C)[Si](C)(C)C. The van der Waals surface area contributed by atoms with Crippen LogP contribution in [0.5, 0.6) is 0 Å². The molecular formula is C14H38HgSi4. The third-order valence-corrected chi connectivity index (χ3v) is 92.5. The van der Waals surface area contributed by atoms with Crippen LogP contribution in [-0.2, 0) is 24.6 Å². The summed E-state index contributed by atoms with van der Waals surface area (Å²) in [7, 11) is -3.75. The van der Waals surface area contributed by atoms with E-state index in [9.17, 15) is 0 Å². The van der Waals surface area contributed by atoms with Crippen LogP contribution in [0.3, 0.4) is 0 Å². The maximum absolute atomic E-state index is 2.67. The first kappa shape index (κ1) is 20.8. The minimum atomic E-state index is -0.938. The van der Waals surface area contributed by atoms with Gasteiger partial charge in [0.1, 0.15) is 0 Å². The molecule has 0 spiro atoms. The van der Waals surface area contributed by atoms with E-state index in [1.807, 2.05) is 0 Å². The zero-order valence-corrected chi connectivity index (χ0v) is 25.4. The Labute approximate surface area is 140 Å². The fourth-order valence-electron chi connectivity index (χ4n) is 4.25. The third kappa shape index (κ3) is 7.07. The van der Waals surface area contributed by atoms with E-state index < -0.39 is 56.9 Å². The van der Waals surface area contributed by atoms with Gasteiger partial charge in [0.15, 0.2) is 0 Å². The van der Waals surface area contributed by atoms with E-state index in [-0.39, 0.29) is 0 Å². The van der Waals surface area contributed by atoms with Crippen LogP contribution < -0.4 is 0 Å². The molecule has 0 saturated carbocycles. The van der Waals surface area contributed by atoms with E-state index in [0.29, 0.717) is 0 Å². The van der Waals surface area contributed by atoms with Gasteiger partial charge in [0.25, 0.3) is 0 Å². The van der Waals surface area contributed by atoms with E-state index in [1.54, 1.807) is 0 Å². The van der Waals surface area contributed by atoms with Crippen molar-refractivity contribution in [2.45, 2.75) is 83.9 Å². The molecule has 0 N–H and O–H groups in total. The number of hydrogen-bond donors (Lipinski definition) is 0. The topological polar surface area (TPSA) is 0 Å². The van der Waals surface area contributed by atoms with E-state index in [2.05, 4.69) is 78.6 Å². The van der Waals surface area contributed by atoms with Crippen molar-refractivity contribution in [3.8, 4) is 0 Å². The summed E-state index contributed by atoms with van der Waals surface area (Å²) in [5, 5.41) is 0. The molecule has 5 heteroatoms. The molecule has 0 bridgehead atoms. The van der Waals surface area contributed by atoms with Crippen molar-refractivity contribution >= 4 is 32.3 Å². The molecule has 0 fully saturated rings. The molecule has 0 heterocycles. The van der Waals surface area contributed by atoms with Gasteiger partial charge in [-0.15, -0.1) is 0 Å². The summed E-state index contributed by atoms with van der Waals surface area (Å²) in [6, 6.07) is 0. The van der Waals surface area contributed by atoms with E-state index in [0.717, 1.165) is 0 Å². The first-order valence-electron chi connectivity index (χ1n) is 7.97. The second-order valence-corrected chi connectivity index (χ2v) is 54.6. The van der Waals surface area contributed by atoms with Gasteiger partial charge in [-0.3, -0.25) is 0 Å². The summed E-state index contributed by atoms with van der Waals surface area (Å²) in [4.78, 5) is 0. The fourth-order valence-corrected chi connectivity index (χ4v) is 79.2. The Morgan fingerprint density at radius 1 is 0.421 bits per heavy atom. The second kappa shape index (κ2) is 6.51. The van der Waals surface area contributed by atoms with Gasteiger partial charge in [0.05, 0.1) is 0 Å². The zero-order chi connectivity index (χ0) is 15.9. The summed E-state index contributed by atoms with van der Waals surface area (Å²) in [6.07, 6.45) is 0. The average Bonchev–Trinajstić information content (AvgIpc) is 1.91. The average molecular weight is 519 g/mol. The van der Waals surface area contributed by atoms with Gasteiger partial charge in [0, 0.05) is 0 Å². The van der Waals surface area contributed by atoms with Crippen LogP contribution in [-0.4, -0.2) is 32.3 Å². The van der Waals surface area contributed by atoms with E-state index in [1.165, 1.54) is 5.35 Å². The second-order valence-electron chi connectivity index (χ2n) is 10.8. The van der Waals surface area contributed by atoms with Crippen molar-refractivity contribution in [3.63, 3.8) is 0 Å². The Kier molecular flexibility index (Phi) is 7.12. The Morgan fingerprint density at radius 3 is 0.684 bits per heavy atom. The van der Waals surface area contributed by atoms with Gasteiger partial charge in [-0.2, -0.15) is 0 Å². The Balaban J connectivity index is 5.43. The van der Waals surface area contributed by atoms with Gasteiger partial charge in [-0.25, -0.2) is 0 Å². The molecule has 0 amide bonds. The van der Waals surface area contributed by atoms with Crippen molar-refractivity contribution in [1.29, 1.82) is 0 Å². The molecule has 112 valence electrons. The van der Waals surface area contributed by atoms with Crippen LogP contribution >= 0.6 is 0 Å². The molecule has 0 aliphatic heterocycles. The standard InChI is InChI=1S/2C7H19Si2.Hg/c2*1-8(2,3)7-9(4,5)6;/h2*7H,1-6H3;. The van der Waals surface area contributed by atoms with Crippen molar-refractivity contribution in [2.24, 2.45) is 0 Å². The van der Waals surface area contributed by atoms with Gasteiger partial charge in [-0.05, 0) is 0 Å².